The quantitative estimate of drug-likeness (QED) is 0.498. The second kappa shape index (κ2) is 7.11. The summed E-state index contributed by atoms with van der Waals surface area (Å²) in [5.41, 5.74) is 2.36. The van der Waals surface area contributed by atoms with Crippen LogP contribution in [-0.2, 0) is 0 Å². The molecule has 26 heavy (non-hydrogen) atoms. The van der Waals surface area contributed by atoms with E-state index in [2.05, 4.69) is 9.97 Å². The first-order valence-electron chi connectivity index (χ1n) is 8.11. The number of oxazole rings is 1. The number of hydrogen-bond acceptors (Lipinski definition) is 5. The third-order valence-electron chi connectivity index (χ3n) is 3.83. The number of aromatic nitrogens is 2. The highest BCUT2D eigenvalue weighted by Crippen LogP contribution is 2.28. The van der Waals surface area contributed by atoms with Crippen LogP contribution in [0.2, 0.25) is 0 Å². The van der Waals surface area contributed by atoms with E-state index in [1.807, 2.05) is 66.7 Å². The van der Waals surface area contributed by atoms with Crippen molar-refractivity contribution in [3.05, 3.63) is 79.2 Å². The Bertz CT molecular complexity index is 978. The van der Waals surface area contributed by atoms with Gasteiger partial charge in [0, 0.05) is 11.8 Å². The van der Waals surface area contributed by atoms with Gasteiger partial charge in [-0.25, -0.2) is 4.98 Å². The molecule has 0 aliphatic carbocycles. The minimum absolute atomic E-state index is 0.543. The molecule has 128 valence electrons. The Morgan fingerprint density at radius 3 is 2.12 bits per heavy atom. The first-order chi connectivity index (χ1) is 12.8. The lowest BCUT2D eigenvalue weighted by atomic mass is 10.2. The molecule has 0 fully saturated rings. The molecule has 0 aliphatic rings. The number of ether oxygens (including phenoxy) is 2. The van der Waals surface area contributed by atoms with Gasteiger partial charge in [0.05, 0.1) is 12.8 Å². The van der Waals surface area contributed by atoms with E-state index in [1.54, 1.807) is 19.6 Å². The van der Waals surface area contributed by atoms with Crippen LogP contribution in [0.25, 0.3) is 22.8 Å². The monoisotopic (exact) mass is 344 g/mol. The van der Waals surface area contributed by atoms with Crippen molar-refractivity contribution in [1.29, 1.82) is 0 Å². The van der Waals surface area contributed by atoms with Gasteiger partial charge < -0.3 is 13.9 Å². The van der Waals surface area contributed by atoms with Crippen LogP contribution in [0.4, 0.5) is 0 Å². The van der Waals surface area contributed by atoms with E-state index in [1.165, 1.54) is 0 Å². The van der Waals surface area contributed by atoms with Crippen LogP contribution in [0.15, 0.2) is 83.6 Å². The molecule has 4 rings (SSSR count). The second-order valence-corrected chi connectivity index (χ2v) is 5.55. The van der Waals surface area contributed by atoms with Gasteiger partial charge in [-0.2, -0.15) is 0 Å². The van der Waals surface area contributed by atoms with Crippen molar-refractivity contribution in [1.82, 2.24) is 9.97 Å². The zero-order valence-electron chi connectivity index (χ0n) is 14.1. The maximum absolute atomic E-state index is 5.83. The number of nitrogens with zero attached hydrogens (tertiary/aromatic N) is 2. The lowest BCUT2D eigenvalue weighted by Crippen LogP contribution is -1.86. The highest BCUT2D eigenvalue weighted by atomic mass is 16.5. The van der Waals surface area contributed by atoms with Crippen LogP contribution in [0.3, 0.4) is 0 Å². The van der Waals surface area contributed by atoms with Gasteiger partial charge in [-0.05, 0) is 60.7 Å². The maximum atomic E-state index is 5.83. The highest BCUT2D eigenvalue weighted by Gasteiger charge is 2.09. The summed E-state index contributed by atoms with van der Waals surface area (Å²) in [5.74, 6) is 2.81. The number of methoxy groups -OCH3 is 1. The van der Waals surface area contributed by atoms with Crippen molar-refractivity contribution in [3.8, 4) is 40.1 Å². The van der Waals surface area contributed by atoms with E-state index in [0.717, 1.165) is 28.5 Å². The molecule has 0 radical (unpaired) electrons. The zero-order valence-corrected chi connectivity index (χ0v) is 14.1. The number of rotatable bonds is 5. The third kappa shape index (κ3) is 3.42. The Labute approximate surface area is 150 Å². The largest absolute Gasteiger partial charge is 0.497 e. The van der Waals surface area contributed by atoms with Gasteiger partial charge in [-0.15, -0.1) is 0 Å². The summed E-state index contributed by atoms with van der Waals surface area (Å²) in [6.45, 7) is 0. The number of pyridine rings is 1. The Morgan fingerprint density at radius 1 is 0.769 bits per heavy atom. The molecule has 0 N–H and O–H groups in total. The van der Waals surface area contributed by atoms with E-state index in [-0.39, 0.29) is 0 Å². The first kappa shape index (κ1) is 15.9. The van der Waals surface area contributed by atoms with E-state index < -0.39 is 0 Å². The molecule has 2 aromatic carbocycles. The average molecular weight is 344 g/mol. The summed E-state index contributed by atoms with van der Waals surface area (Å²) < 4.78 is 16.6. The van der Waals surface area contributed by atoms with Crippen LogP contribution in [0.5, 0.6) is 17.2 Å². The zero-order chi connectivity index (χ0) is 17.8. The van der Waals surface area contributed by atoms with Crippen LogP contribution in [-0.4, -0.2) is 17.1 Å². The average Bonchev–Trinajstić information content (AvgIpc) is 3.20. The summed E-state index contributed by atoms with van der Waals surface area (Å²) in [7, 11) is 1.64. The van der Waals surface area contributed by atoms with Gasteiger partial charge >= 0.3 is 0 Å². The van der Waals surface area contributed by atoms with Crippen LogP contribution < -0.4 is 9.47 Å². The summed E-state index contributed by atoms with van der Waals surface area (Å²) in [4.78, 5) is 8.78. The first-order valence-corrected chi connectivity index (χ1v) is 8.11. The predicted molar refractivity (Wildman–Crippen MR) is 98.2 cm³/mol. The molecule has 0 spiro atoms. The van der Waals surface area contributed by atoms with Crippen LogP contribution >= 0.6 is 0 Å². The van der Waals surface area contributed by atoms with Gasteiger partial charge in [0.15, 0.2) is 0 Å². The van der Waals surface area contributed by atoms with Gasteiger partial charge in [0.1, 0.15) is 29.2 Å². The number of hydrogen-bond donors (Lipinski definition) is 0. The van der Waals surface area contributed by atoms with Gasteiger partial charge in [0.25, 0.3) is 0 Å². The molecule has 0 amide bonds. The molecule has 0 bridgehead atoms. The molecule has 0 unspecified atom stereocenters. The van der Waals surface area contributed by atoms with Crippen molar-refractivity contribution >= 4 is 0 Å². The van der Waals surface area contributed by atoms with E-state index in [4.69, 9.17) is 13.9 Å². The van der Waals surface area contributed by atoms with Crippen molar-refractivity contribution < 1.29 is 13.9 Å². The predicted octanol–water partition coefficient (Wildman–Crippen LogP) is 5.20. The van der Waals surface area contributed by atoms with E-state index >= 15 is 0 Å². The Kier molecular flexibility index (Phi) is 4.35. The normalized spacial score (nSPS) is 10.5. The molecule has 0 saturated heterocycles. The van der Waals surface area contributed by atoms with Crippen molar-refractivity contribution in [2.45, 2.75) is 0 Å². The molecule has 0 atom stereocenters. The maximum Gasteiger partial charge on any atom is 0.226 e. The molecule has 5 nitrogen and oxygen atoms in total. The Balaban J connectivity index is 1.50. The van der Waals surface area contributed by atoms with E-state index in [9.17, 15) is 0 Å². The lowest BCUT2D eigenvalue weighted by molar-refractivity contribution is 0.413. The molecule has 2 heterocycles. The summed E-state index contributed by atoms with van der Waals surface area (Å²) in [6, 6.07) is 20.7. The molecule has 0 aliphatic heterocycles. The smallest absolute Gasteiger partial charge is 0.226 e. The Morgan fingerprint density at radius 2 is 1.46 bits per heavy atom. The SMILES string of the molecule is COc1ccc(Oc2ccc(-c3nc(-c4ccccn4)co3)cc2)cc1. The van der Waals surface area contributed by atoms with E-state index in [0.29, 0.717) is 11.6 Å². The summed E-state index contributed by atoms with van der Waals surface area (Å²) in [5, 5.41) is 0. The fourth-order valence-corrected chi connectivity index (χ4v) is 2.48. The number of benzene rings is 2. The second-order valence-electron chi connectivity index (χ2n) is 5.55. The van der Waals surface area contributed by atoms with Crippen molar-refractivity contribution in [2.75, 3.05) is 7.11 Å². The fourth-order valence-electron chi connectivity index (χ4n) is 2.48. The molecule has 0 saturated carbocycles. The summed E-state index contributed by atoms with van der Waals surface area (Å²) >= 11 is 0. The minimum Gasteiger partial charge on any atom is -0.497 e. The molecule has 5 heteroatoms. The van der Waals surface area contributed by atoms with Crippen molar-refractivity contribution in [2.24, 2.45) is 0 Å². The molecule has 2 aromatic heterocycles. The van der Waals surface area contributed by atoms with Gasteiger partial charge in [-0.3, -0.25) is 4.98 Å². The Hall–Kier alpha value is -3.60. The fraction of sp³-hybridized carbons (Fsp3) is 0.0476. The van der Waals surface area contributed by atoms with Gasteiger partial charge in [0.2, 0.25) is 5.89 Å². The summed E-state index contributed by atoms with van der Waals surface area (Å²) in [6.07, 6.45) is 3.34. The van der Waals surface area contributed by atoms with Crippen LogP contribution in [0, 0.1) is 0 Å². The van der Waals surface area contributed by atoms with Crippen molar-refractivity contribution in [3.63, 3.8) is 0 Å². The molecule has 4 aromatic rings. The topological polar surface area (TPSA) is 57.4 Å². The third-order valence-corrected chi connectivity index (χ3v) is 3.83. The molecular formula is C21H16N2O3. The highest BCUT2D eigenvalue weighted by molar-refractivity contribution is 5.60. The lowest BCUT2D eigenvalue weighted by Gasteiger charge is -2.07. The standard InChI is InChI=1S/C21H16N2O3/c1-24-16-9-11-18(12-10-16)26-17-7-5-15(6-8-17)21-23-20(14-25-21)19-4-2-3-13-22-19/h2-14H,1H3. The van der Waals surface area contributed by atoms with Gasteiger partial charge in [-0.1, -0.05) is 6.07 Å². The minimum atomic E-state index is 0.543. The molecular weight excluding hydrogens is 328 g/mol. The van der Waals surface area contributed by atoms with Crippen LogP contribution in [0.1, 0.15) is 0 Å².